The molecule has 0 bridgehead atoms. The summed E-state index contributed by atoms with van der Waals surface area (Å²) in [7, 11) is 0. The highest BCUT2D eigenvalue weighted by Crippen LogP contribution is 2.37. The first-order valence-electron chi connectivity index (χ1n) is 8.47. The molecule has 2 rings (SSSR count). The summed E-state index contributed by atoms with van der Waals surface area (Å²) >= 11 is 0. The van der Waals surface area contributed by atoms with E-state index in [-0.39, 0.29) is 0 Å². The molecule has 0 spiro atoms. The highest BCUT2D eigenvalue weighted by Gasteiger charge is 2.27. The van der Waals surface area contributed by atoms with Crippen LogP contribution in [0, 0.1) is 0 Å². The van der Waals surface area contributed by atoms with Crippen LogP contribution in [0.1, 0.15) is 50.8 Å². The highest BCUT2D eigenvalue weighted by molar-refractivity contribution is 5.40. The van der Waals surface area contributed by atoms with Gasteiger partial charge in [0.1, 0.15) is 5.75 Å². The van der Waals surface area contributed by atoms with Gasteiger partial charge < -0.3 is 10.0 Å². The second kappa shape index (κ2) is 7.81. The molecule has 0 aromatic heterocycles. The van der Waals surface area contributed by atoms with Gasteiger partial charge in [-0.05, 0) is 75.2 Å². The van der Waals surface area contributed by atoms with E-state index in [9.17, 15) is 5.11 Å². The molecule has 1 aromatic carbocycles. The fourth-order valence-corrected chi connectivity index (χ4v) is 3.53. The molecule has 0 aliphatic heterocycles. The minimum atomic E-state index is 0.402. The van der Waals surface area contributed by atoms with Crippen molar-refractivity contribution in [1.29, 1.82) is 0 Å². The molecule has 0 saturated carbocycles. The average Bonchev–Trinajstić information content (AvgIpc) is 2.90. The summed E-state index contributed by atoms with van der Waals surface area (Å²) in [5, 5.41) is 9.62. The van der Waals surface area contributed by atoms with E-state index in [1.807, 2.05) is 12.1 Å². The molecule has 118 valence electrons. The Morgan fingerprint density at radius 1 is 1.10 bits per heavy atom. The number of benzene rings is 1. The Morgan fingerprint density at radius 3 is 2.52 bits per heavy atom. The van der Waals surface area contributed by atoms with E-state index in [0.717, 1.165) is 32.6 Å². The van der Waals surface area contributed by atoms with Crippen LogP contribution in [0.15, 0.2) is 18.2 Å². The Kier molecular flexibility index (Phi) is 6.07. The lowest BCUT2D eigenvalue weighted by Crippen LogP contribution is -2.32. The number of fused-ring (bicyclic) bond motifs is 1. The zero-order chi connectivity index (χ0) is 15.2. The third-order valence-electron chi connectivity index (χ3n) is 4.83. The van der Waals surface area contributed by atoms with Crippen LogP contribution in [-0.2, 0) is 6.42 Å². The molecule has 0 radical (unpaired) electrons. The summed E-state index contributed by atoms with van der Waals surface area (Å²) in [6.45, 7) is 12.5. The fraction of sp³-hybridized carbons (Fsp3) is 0.667. The fourth-order valence-electron chi connectivity index (χ4n) is 3.53. The lowest BCUT2D eigenvalue weighted by atomic mass is 10.1. The molecule has 0 fully saturated rings. The van der Waals surface area contributed by atoms with Crippen LogP contribution < -0.4 is 0 Å². The van der Waals surface area contributed by atoms with E-state index in [0.29, 0.717) is 11.8 Å². The Bertz CT molecular complexity index is 443. The van der Waals surface area contributed by atoms with Gasteiger partial charge in [-0.15, -0.1) is 0 Å². The van der Waals surface area contributed by atoms with Crippen molar-refractivity contribution in [3.63, 3.8) is 0 Å². The monoisotopic (exact) mass is 290 g/mol. The number of aryl methyl sites for hydroxylation is 1. The van der Waals surface area contributed by atoms with Crippen LogP contribution >= 0.6 is 0 Å². The molecular formula is C18H30N2O. The van der Waals surface area contributed by atoms with Gasteiger partial charge in [-0.1, -0.05) is 26.8 Å². The minimum Gasteiger partial charge on any atom is -0.508 e. The van der Waals surface area contributed by atoms with Crippen LogP contribution in [0.4, 0.5) is 0 Å². The van der Waals surface area contributed by atoms with Crippen molar-refractivity contribution in [3.05, 3.63) is 29.3 Å². The maximum atomic E-state index is 9.62. The predicted octanol–water partition coefficient (Wildman–Crippen LogP) is 3.43. The van der Waals surface area contributed by atoms with Crippen molar-refractivity contribution in [2.24, 2.45) is 0 Å². The first kappa shape index (κ1) is 16.3. The lowest BCUT2D eigenvalue weighted by Gasteiger charge is -2.29. The number of hydrogen-bond donors (Lipinski definition) is 1. The van der Waals surface area contributed by atoms with Gasteiger partial charge in [0.15, 0.2) is 0 Å². The molecule has 3 heteroatoms. The van der Waals surface area contributed by atoms with Crippen molar-refractivity contribution < 1.29 is 5.11 Å². The highest BCUT2D eigenvalue weighted by atomic mass is 16.3. The van der Waals surface area contributed by atoms with E-state index < -0.39 is 0 Å². The number of phenolic OH excluding ortho intramolecular Hbond substituents is 1. The van der Waals surface area contributed by atoms with Crippen molar-refractivity contribution >= 4 is 0 Å². The normalized spacial score (nSPS) is 17.7. The third kappa shape index (κ3) is 3.98. The number of aromatic hydroxyl groups is 1. The Balaban J connectivity index is 1.94. The second-order valence-electron chi connectivity index (χ2n) is 5.95. The molecule has 0 heterocycles. The molecule has 1 aliphatic carbocycles. The van der Waals surface area contributed by atoms with Gasteiger partial charge in [0.05, 0.1) is 0 Å². The number of rotatable bonds is 8. The molecule has 21 heavy (non-hydrogen) atoms. The summed E-state index contributed by atoms with van der Waals surface area (Å²) < 4.78 is 0. The second-order valence-corrected chi connectivity index (χ2v) is 5.95. The zero-order valence-electron chi connectivity index (χ0n) is 13.8. The molecule has 0 amide bonds. The zero-order valence-corrected chi connectivity index (χ0v) is 13.8. The minimum absolute atomic E-state index is 0.402. The summed E-state index contributed by atoms with van der Waals surface area (Å²) in [5.74, 6) is 0.402. The molecular weight excluding hydrogens is 260 g/mol. The standard InChI is InChI=1S/C18H30N2O/c1-4-19(5-2)12-7-13-20(6-3)18-11-8-15-14-16(21)9-10-17(15)18/h9-10,14,18,21H,4-8,11-13H2,1-3H3. The average molecular weight is 290 g/mol. The summed E-state index contributed by atoms with van der Waals surface area (Å²) in [6.07, 6.45) is 3.53. The van der Waals surface area contributed by atoms with E-state index >= 15 is 0 Å². The van der Waals surface area contributed by atoms with Crippen molar-refractivity contribution in [1.82, 2.24) is 9.80 Å². The van der Waals surface area contributed by atoms with Gasteiger partial charge in [-0.2, -0.15) is 0 Å². The number of phenols is 1. The maximum Gasteiger partial charge on any atom is 0.115 e. The SMILES string of the molecule is CCN(CC)CCCN(CC)C1CCc2cc(O)ccc21. The third-order valence-corrected chi connectivity index (χ3v) is 4.83. The Hall–Kier alpha value is -1.06. The van der Waals surface area contributed by atoms with Crippen LogP contribution in [-0.4, -0.2) is 47.6 Å². The van der Waals surface area contributed by atoms with E-state index in [4.69, 9.17) is 0 Å². The Morgan fingerprint density at radius 2 is 1.86 bits per heavy atom. The quantitative estimate of drug-likeness (QED) is 0.794. The molecule has 3 nitrogen and oxygen atoms in total. The summed E-state index contributed by atoms with van der Waals surface area (Å²) in [6, 6.07) is 6.44. The van der Waals surface area contributed by atoms with Gasteiger partial charge in [-0.3, -0.25) is 4.90 Å². The smallest absolute Gasteiger partial charge is 0.115 e. The van der Waals surface area contributed by atoms with Crippen LogP contribution in [0.3, 0.4) is 0 Å². The van der Waals surface area contributed by atoms with Crippen molar-refractivity contribution in [3.8, 4) is 5.75 Å². The van der Waals surface area contributed by atoms with Gasteiger partial charge in [-0.25, -0.2) is 0 Å². The summed E-state index contributed by atoms with van der Waals surface area (Å²) in [5.41, 5.74) is 2.76. The molecule has 1 aliphatic rings. The first-order valence-corrected chi connectivity index (χ1v) is 8.47. The van der Waals surface area contributed by atoms with Gasteiger partial charge in [0.2, 0.25) is 0 Å². The molecule has 1 atom stereocenters. The molecule has 1 aromatic rings. The van der Waals surface area contributed by atoms with Crippen LogP contribution in [0.2, 0.25) is 0 Å². The van der Waals surface area contributed by atoms with Crippen molar-refractivity contribution in [2.45, 2.75) is 46.1 Å². The Labute approximate surface area is 129 Å². The molecule has 1 unspecified atom stereocenters. The van der Waals surface area contributed by atoms with Crippen LogP contribution in [0.25, 0.3) is 0 Å². The van der Waals surface area contributed by atoms with Crippen molar-refractivity contribution in [2.75, 3.05) is 32.7 Å². The van der Waals surface area contributed by atoms with Gasteiger partial charge >= 0.3 is 0 Å². The molecule has 1 N–H and O–H groups in total. The summed E-state index contributed by atoms with van der Waals surface area (Å²) in [4.78, 5) is 5.10. The topological polar surface area (TPSA) is 26.7 Å². The van der Waals surface area contributed by atoms with E-state index in [2.05, 4.69) is 36.6 Å². The number of nitrogens with zero attached hydrogens (tertiary/aromatic N) is 2. The van der Waals surface area contributed by atoms with Gasteiger partial charge in [0, 0.05) is 6.04 Å². The van der Waals surface area contributed by atoms with Crippen LogP contribution in [0.5, 0.6) is 5.75 Å². The maximum absolute atomic E-state index is 9.62. The largest absolute Gasteiger partial charge is 0.508 e. The first-order chi connectivity index (χ1) is 10.2. The lowest BCUT2D eigenvalue weighted by molar-refractivity contribution is 0.189. The van der Waals surface area contributed by atoms with Gasteiger partial charge in [0.25, 0.3) is 0 Å². The van der Waals surface area contributed by atoms with E-state index in [1.54, 1.807) is 0 Å². The molecule has 0 saturated heterocycles. The number of hydrogen-bond acceptors (Lipinski definition) is 3. The predicted molar refractivity (Wildman–Crippen MR) is 88.8 cm³/mol. The van der Waals surface area contributed by atoms with E-state index in [1.165, 1.54) is 30.5 Å².